The number of carboxylic acid groups (broad SMARTS) is 1. The molecule has 0 spiro atoms. The molecule has 0 saturated heterocycles. The summed E-state index contributed by atoms with van der Waals surface area (Å²) in [5.41, 5.74) is -1.02. The van der Waals surface area contributed by atoms with Crippen molar-refractivity contribution < 1.29 is 24.3 Å². The van der Waals surface area contributed by atoms with Gasteiger partial charge in [-0.1, -0.05) is 18.2 Å². The normalized spacial score (nSPS) is 9.95. The molecular weight excluding hydrogens is 278 g/mol. The molecule has 0 aliphatic rings. The number of methoxy groups -OCH3 is 1. The molecule has 2 aromatic rings. The predicted octanol–water partition coefficient (Wildman–Crippen LogP) is 3.09. The van der Waals surface area contributed by atoms with E-state index in [2.05, 4.69) is 0 Å². The summed E-state index contributed by atoms with van der Waals surface area (Å²) >= 11 is 0. The molecule has 0 saturated carbocycles. The van der Waals surface area contributed by atoms with Gasteiger partial charge >= 0.3 is 5.97 Å². The molecule has 0 aromatic heterocycles. The maximum Gasteiger partial charge on any atom is 0.342 e. The van der Waals surface area contributed by atoms with Crippen molar-refractivity contribution in [3.8, 4) is 17.2 Å². The highest BCUT2D eigenvalue weighted by Crippen LogP contribution is 2.37. The summed E-state index contributed by atoms with van der Waals surface area (Å²) in [6.07, 6.45) is 0. The first kappa shape index (κ1) is 14.3. The largest absolute Gasteiger partial charge is 0.493 e. The van der Waals surface area contributed by atoms with Crippen molar-refractivity contribution in [3.63, 3.8) is 0 Å². The highest BCUT2D eigenvalue weighted by Gasteiger charge is 2.24. The highest BCUT2D eigenvalue weighted by atomic mass is 16.6. The first-order valence-corrected chi connectivity index (χ1v) is 5.85. The molecule has 0 amide bonds. The number of nitrogens with zero attached hydrogens (tertiary/aromatic N) is 1. The fourth-order valence-electron chi connectivity index (χ4n) is 1.73. The lowest BCUT2D eigenvalue weighted by atomic mass is 10.1. The van der Waals surface area contributed by atoms with Gasteiger partial charge < -0.3 is 14.6 Å². The van der Waals surface area contributed by atoms with Crippen LogP contribution in [-0.4, -0.2) is 23.1 Å². The Labute approximate surface area is 119 Å². The number of para-hydroxylation sites is 1. The van der Waals surface area contributed by atoms with E-state index in [1.807, 2.05) is 0 Å². The number of hydrogen-bond donors (Lipinski definition) is 1. The van der Waals surface area contributed by atoms with Gasteiger partial charge in [-0.25, -0.2) is 4.79 Å². The quantitative estimate of drug-likeness (QED) is 0.670. The number of hydrogen-bond acceptors (Lipinski definition) is 5. The van der Waals surface area contributed by atoms with E-state index >= 15 is 0 Å². The molecule has 108 valence electrons. The number of nitro benzene ring substituents is 1. The Hall–Kier alpha value is -3.09. The zero-order valence-electron chi connectivity index (χ0n) is 11.0. The van der Waals surface area contributed by atoms with Crippen molar-refractivity contribution in [2.24, 2.45) is 0 Å². The van der Waals surface area contributed by atoms with Crippen LogP contribution in [-0.2, 0) is 0 Å². The average molecular weight is 289 g/mol. The third-order valence-corrected chi connectivity index (χ3v) is 2.68. The molecule has 0 heterocycles. The summed E-state index contributed by atoms with van der Waals surface area (Å²) in [7, 11) is 1.32. The van der Waals surface area contributed by atoms with Gasteiger partial charge in [-0.2, -0.15) is 0 Å². The number of benzene rings is 2. The molecule has 7 heteroatoms. The molecule has 21 heavy (non-hydrogen) atoms. The minimum absolute atomic E-state index is 0.0698. The molecule has 0 radical (unpaired) electrons. The molecule has 0 aliphatic carbocycles. The maximum atomic E-state index is 11.1. The fraction of sp³-hybridized carbons (Fsp3) is 0.0714. The number of aromatic carboxylic acids is 1. The topological polar surface area (TPSA) is 98.9 Å². The molecule has 2 rings (SSSR count). The summed E-state index contributed by atoms with van der Waals surface area (Å²) in [6.45, 7) is 0. The zero-order chi connectivity index (χ0) is 15.4. The molecular formula is C14H11NO6. The molecule has 7 nitrogen and oxygen atoms in total. The summed E-state index contributed by atoms with van der Waals surface area (Å²) < 4.78 is 10.5. The van der Waals surface area contributed by atoms with Crippen molar-refractivity contribution in [1.82, 2.24) is 0 Å². The molecule has 0 aliphatic heterocycles. The average Bonchev–Trinajstić information content (AvgIpc) is 2.47. The number of nitro groups is 1. The molecule has 0 atom stereocenters. The number of carbonyl (C=O) groups is 1. The second kappa shape index (κ2) is 5.91. The van der Waals surface area contributed by atoms with Crippen LogP contribution < -0.4 is 9.47 Å². The smallest absolute Gasteiger partial charge is 0.342 e. The van der Waals surface area contributed by atoms with Gasteiger partial charge in [0.2, 0.25) is 0 Å². The van der Waals surface area contributed by atoms with E-state index in [4.69, 9.17) is 14.6 Å². The van der Waals surface area contributed by atoms with E-state index in [0.717, 1.165) is 12.1 Å². The van der Waals surface area contributed by atoms with Crippen LogP contribution in [0.2, 0.25) is 0 Å². The molecule has 0 fully saturated rings. The third-order valence-electron chi connectivity index (χ3n) is 2.68. The van der Waals surface area contributed by atoms with Gasteiger partial charge in [-0.15, -0.1) is 0 Å². The monoisotopic (exact) mass is 289 g/mol. The summed E-state index contributed by atoms with van der Waals surface area (Å²) in [4.78, 5) is 21.3. The van der Waals surface area contributed by atoms with Crippen LogP contribution in [0.15, 0.2) is 42.5 Å². The molecule has 0 bridgehead atoms. The summed E-state index contributed by atoms with van der Waals surface area (Å²) in [5.74, 6) is -0.790. The minimum atomic E-state index is -1.41. The van der Waals surface area contributed by atoms with E-state index in [0.29, 0.717) is 5.75 Å². The Morgan fingerprint density at radius 2 is 1.86 bits per heavy atom. The Bertz CT molecular complexity index is 683. The SMILES string of the molecule is COc1cc(C(=O)O)c([N+](=O)[O-])cc1Oc1ccccc1. The minimum Gasteiger partial charge on any atom is -0.493 e. The van der Waals surface area contributed by atoms with Crippen LogP contribution in [0.3, 0.4) is 0 Å². The maximum absolute atomic E-state index is 11.1. The van der Waals surface area contributed by atoms with Gasteiger partial charge in [-0.05, 0) is 12.1 Å². The highest BCUT2D eigenvalue weighted by molar-refractivity contribution is 5.93. The second-order valence-corrected chi connectivity index (χ2v) is 4.00. The Morgan fingerprint density at radius 1 is 1.19 bits per heavy atom. The molecule has 1 N–H and O–H groups in total. The van der Waals surface area contributed by atoms with Crippen molar-refractivity contribution in [2.45, 2.75) is 0 Å². The van der Waals surface area contributed by atoms with Crippen LogP contribution in [0.25, 0.3) is 0 Å². The van der Waals surface area contributed by atoms with Gasteiger partial charge in [0.15, 0.2) is 11.5 Å². The van der Waals surface area contributed by atoms with Crippen LogP contribution in [0.5, 0.6) is 17.2 Å². The zero-order valence-corrected chi connectivity index (χ0v) is 11.0. The number of carboxylic acids is 1. The van der Waals surface area contributed by atoms with Gasteiger partial charge in [-0.3, -0.25) is 10.1 Å². The lowest BCUT2D eigenvalue weighted by molar-refractivity contribution is -0.385. The van der Waals surface area contributed by atoms with Gasteiger partial charge in [0.05, 0.1) is 18.1 Å². The first-order chi connectivity index (χ1) is 10.0. The van der Waals surface area contributed by atoms with Gasteiger partial charge in [0.1, 0.15) is 11.3 Å². The predicted molar refractivity (Wildman–Crippen MR) is 73.1 cm³/mol. The summed E-state index contributed by atoms with van der Waals surface area (Å²) in [6, 6.07) is 10.7. The van der Waals surface area contributed by atoms with Crippen LogP contribution >= 0.6 is 0 Å². The molecule has 2 aromatic carbocycles. The van der Waals surface area contributed by atoms with Gasteiger partial charge in [0, 0.05) is 6.07 Å². The Kier molecular flexibility index (Phi) is 4.03. The van der Waals surface area contributed by atoms with E-state index < -0.39 is 22.1 Å². The van der Waals surface area contributed by atoms with Gasteiger partial charge in [0.25, 0.3) is 5.69 Å². The van der Waals surface area contributed by atoms with Crippen molar-refractivity contribution in [1.29, 1.82) is 0 Å². The lowest BCUT2D eigenvalue weighted by Gasteiger charge is -2.11. The van der Waals surface area contributed by atoms with E-state index in [1.165, 1.54) is 7.11 Å². The number of rotatable bonds is 5. The van der Waals surface area contributed by atoms with Crippen LogP contribution in [0, 0.1) is 10.1 Å². The van der Waals surface area contributed by atoms with Crippen molar-refractivity contribution in [2.75, 3.05) is 7.11 Å². The fourth-order valence-corrected chi connectivity index (χ4v) is 1.73. The van der Waals surface area contributed by atoms with E-state index in [9.17, 15) is 14.9 Å². The summed E-state index contributed by atoms with van der Waals surface area (Å²) in [5, 5.41) is 20.0. The van der Waals surface area contributed by atoms with Crippen LogP contribution in [0.1, 0.15) is 10.4 Å². The van der Waals surface area contributed by atoms with E-state index in [-0.39, 0.29) is 11.5 Å². The first-order valence-electron chi connectivity index (χ1n) is 5.85. The van der Waals surface area contributed by atoms with Crippen molar-refractivity contribution in [3.05, 3.63) is 58.1 Å². The second-order valence-electron chi connectivity index (χ2n) is 4.00. The van der Waals surface area contributed by atoms with Crippen LogP contribution in [0.4, 0.5) is 5.69 Å². The number of ether oxygens (including phenoxy) is 2. The Balaban J connectivity index is 2.52. The standard InChI is InChI=1S/C14H11NO6/c1-20-12-7-10(14(16)17)11(15(18)19)8-13(12)21-9-5-3-2-4-6-9/h2-8H,1H3,(H,16,17). The van der Waals surface area contributed by atoms with Crippen molar-refractivity contribution >= 4 is 11.7 Å². The molecule has 0 unspecified atom stereocenters. The third kappa shape index (κ3) is 3.08. The Morgan fingerprint density at radius 3 is 2.38 bits per heavy atom. The van der Waals surface area contributed by atoms with E-state index in [1.54, 1.807) is 30.3 Å². The lowest BCUT2D eigenvalue weighted by Crippen LogP contribution is -2.04.